The highest BCUT2D eigenvalue weighted by atomic mass is 16.5. The number of rotatable bonds is 7. The minimum atomic E-state index is -0.0561. The monoisotopic (exact) mass is 439 g/mol. The van der Waals surface area contributed by atoms with Crippen LogP contribution < -0.4 is 15.0 Å². The van der Waals surface area contributed by atoms with Crippen molar-refractivity contribution in [3.8, 4) is 5.75 Å². The summed E-state index contributed by atoms with van der Waals surface area (Å²) in [6.45, 7) is 6.37. The number of carbonyl (C=O) groups is 2. The molecule has 9 heteroatoms. The largest absolute Gasteiger partial charge is 0.495 e. The average Bonchev–Trinajstić information content (AvgIpc) is 3.15. The third-order valence-electron chi connectivity index (χ3n) is 5.98. The number of hydrogen-bond acceptors (Lipinski definition) is 7. The van der Waals surface area contributed by atoms with Crippen LogP contribution in [0.3, 0.4) is 0 Å². The van der Waals surface area contributed by atoms with Gasteiger partial charge in [-0.2, -0.15) is 4.98 Å². The van der Waals surface area contributed by atoms with Gasteiger partial charge in [-0.15, -0.1) is 0 Å². The van der Waals surface area contributed by atoms with Gasteiger partial charge in [0.25, 0.3) is 5.91 Å². The molecule has 4 rings (SSSR count). The number of fused-ring (bicyclic) bond motifs is 1. The summed E-state index contributed by atoms with van der Waals surface area (Å²) in [5.41, 5.74) is 1.96. The normalized spacial score (nSPS) is 15.8. The molecule has 1 aromatic carbocycles. The van der Waals surface area contributed by atoms with E-state index in [2.05, 4.69) is 29.1 Å². The van der Waals surface area contributed by atoms with E-state index in [9.17, 15) is 9.59 Å². The summed E-state index contributed by atoms with van der Waals surface area (Å²) in [6.07, 6.45) is 3.72. The zero-order valence-electron chi connectivity index (χ0n) is 18.8. The van der Waals surface area contributed by atoms with Crippen LogP contribution in [-0.4, -0.2) is 66.1 Å². The van der Waals surface area contributed by atoms with Crippen molar-refractivity contribution in [2.24, 2.45) is 0 Å². The molecule has 1 saturated heterocycles. The molecule has 170 valence electrons. The summed E-state index contributed by atoms with van der Waals surface area (Å²) in [5.74, 6) is 1.57. The van der Waals surface area contributed by atoms with Crippen molar-refractivity contribution in [1.82, 2.24) is 14.9 Å². The topological polar surface area (TPSA) is 96.9 Å². The summed E-state index contributed by atoms with van der Waals surface area (Å²) in [6, 6.07) is 5.36. The second kappa shape index (κ2) is 9.52. The summed E-state index contributed by atoms with van der Waals surface area (Å²) in [7, 11) is 1.57. The van der Waals surface area contributed by atoms with E-state index in [-0.39, 0.29) is 17.9 Å². The third-order valence-corrected chi connectivity index (χ3v) is 5.98. The number of ether oxygens (including phenoxy) is 2. The molecule has 1 fully saturated rings. The van der Waals surface area contributed by atoms with E-state index in [1.54, 1.807) is 41.3 Å². The fourth-order valence-corrected chi connectivity index (χ4v) is 4.20. The SMILES string of the molecule is CCC(CC)N1C(=O)Cc2cnc(Nc3cc(C(=O)N4CCOCC4)ccc3OC)nc21. The van der Waals surface area contributed by atoms with Crippen LogP contribution in [0.5, 0.6) is 5.75 Å². The Balaban J connectivity index is 1.61. The number of benzene rings is 1. The van der Waals surface area contributed by atoms with Crippen LogP contribution >= 0.6 is 0 Å². The molecule has 0 radical (unpaired) electrons. The van der Waals surface area contributed by atoms with Crippen LogP contribution in [0, 0.1) is 0 Å². The molecule has 0 atom stereocenters. The van der Waals surface area contributed by atoms with E-state index >= 15 is 0 Å². The van der Waals surface area contributed by atoms with E-state index in [1.165, 1.54) is 0 Å². The number of aromatic nitrogens is 2. The summed E-state index contributed by atoms with van der Waals surface area (Å²) in [4.78, 5) is 38.1. The number of nitrogens with one attached hydrogen (secondary N) is 1. The molecule has 2 aliphatic heterocycles. The lowest BCUT2D eigenvalue weighted by molar-refractivity contribution is -0.117. The van der Waals surface area contributed by atoms with Gasteiger partial charge in [-0.1, -0.05) is 13.8 Å². The Labute approximate surface area is 187 Å². The Hall–Kier alpha value is -3.20. The predicted molar refractivity (Wildman–Crippen MR) is 121 cm³/mol. The molecule has 2 amide bonds. The van der Waals surface area contributed by atoms with Crippen LogP contribution in [0.1, 0.15) is 42.6 Å². The molecule has 2 aromatic rings. The molecule has 0 saturated carbocycles. The molecule has 3 heterocycles. The fraction of sp³-hybridized carbons (Fsp3) is 0.478. The Kier molecular flexibility index (Phi) is 6.55. The third kappa shape index (κ3) is 4.25. The summed E-state index contributed by atoms with van der Waals surface area (Å²) >= 11 is 0. The van der Waals surface area contributed by atoms with Crippen molar-refractivity contribution >= 4 is 29.3 Å². The van der Waals surface area contributed by atoms with Crippen LogP contribution in [0.2, 0.25) is 0 Å². The molecule has 0 aliphatic carbocycles. The van der Waals surface area contributed by atoms with Crippen molar-refractivity contribution < 1.29 is 19.1 Å². The Morgan fingerprint density at radius 3 is 2.69 bits per heavy atom. The smallest absolute Gasteiger partial charge is 0.254 e. The number of nitrogens with zero attached hydrogens (tertiary/aromatic N) is 4. The van der Waals surface area contributed by atoms with Gasteiger partial charge in [0.1, 0.15) is 11.6 Å². The average molecular weight is 440 g/mol. The molecule has 0 spiro atoms. The zero-order chi connectivity index (χ0) is 22.7. The molecule has 9 nitrogen and oxygen atoms in total. The van der Waals surface area contributed by atoms with Crippen LogP contribution in [0.15, 0.2) is 24.4 Å². The number of methoxy groups -OCH3 is 1. The van der Waals surface area contributed by atoms with Crippen molar-refractivity contribution in [2.75, 3.05) is 43.6 Å². The first-order chi connectivity index (χ1) is 15.5. The number of carbonyl (C=O) groups excluding carboxylic acids is 2. The fourth-order valence-electron chi connectivity index (χ4n) is 4.20. The van der Waals surface area contributed by atoms with Gasteiger partial charge in [0.05, 0.1) is 32.4 Å². The van der Waals surface area contributed by atoms with Crippen LogP contribution in [-0.2, 0) is 16.0 Å². The summed E-state index contributed by atoms with van der Waals surface area (Å²) < 4.78 is 10.8. The highest BCUT2D eigenvalue weighted by Gasteiger charge is 2.33. The first-order valence-electron chi connectivity index (χ1n) is 11.1. The molecule has 1 aromatic heterocycles. The van der Waals surface area contributed by atoms with E-state index < -0.39 is 0 Å². The van der Waals surface area contributed by atoms with Gasteiger partial charge in [-0.05, 0) is 31.0 Å². The Morgan fingerprint density at radius 2 is 2.00 bits per heavy atom. The molecule has 2 aliphatic rings. The predicted octanol–water partition coefficient (Wildman–Crippen LogP) is 2.78. The van der Waals surface area contributed by atoms with Gasteiger partial charge in [0.15, 0.2) is 0 Å². The number of morpholine rings is 1. The van der Waals surface area contributed by atoms with E-state index in [0.29, 0.717) is 61.5 Å². The van der Waals surface area contributed by atoms with Crippen LogP contribution in [0.25, 0.3) is 0 Å². The maximum absolute atomic E-state index is 12.9. The van der Waals surface area contributed by atoms with Crippen molar-refractivity contribution in [3.63, 3.8) is 0 Å². The standard InChI is InChI=1S/C23H29N5O4/c1-4-17(5-2)28-20(29)13-16-14-24-23(26-21(16)28)25-18-12-15(6-7-19(18)31-3)22(30)27-8-10-32-11-9-27/h6-7,12,14,17H,4-5,8-11,13H2,1-3H3,(H,24,25,26). The maximum atomic E-state index is 12.9. The first-order valence-corrected chi connectivity index (χ1v) is 11.1. The first kappa shape index (κ1) is 22.0. The van der Waals surface area contributed by atoms with Gasteiger partial charge in [-0.25, -0.2) is 4.98 Å². The quantitative estimate of drug-likeness (QED) is 0.708. The van der Waals surface area contributed by atoms with E-state index in [1.807, 2.05) is 0 Å². The molecular formula is C23H29N5O4. The van der Waals surface area contributed by atoms with Crippen molar-refractivity contribution in [2.45, 2.75) is 39.2 Å². The maximum Gasteiger partial charge on any atom is 0.254 e. The van der Waals surface area contributed by atoms with Gasteiger partial charge >= 0.3 is 0 Å². The number of amides is 2. The van der Waals surface area contributed by atoms with E-state index in [0.717, 1.165) is 18.4 Å². The van der Waals surface area contributed by atoms with Gasteiger partial charge in [-0.3, -0.25) is 14.5 Å². The summed E-state index contributed by atoms with van der Waals surface area (Å²) in [5, 5.41) is 3.18. The minimum absolute atomic E-state index is 0.0517. The van der Waals surface area contributed by atoms with Crippen LogP contribution in [0.4, 0.5) is 17.5 Å². The molecular weight excluding hydrogens is 410 g/mol. The highest BCUT2D eigenvalue weighted by molar-refractivity contribution is 6.01. The number of anilines is 3. The lowest BCUT2D eigenvalue weighted by Crippen LogP contribution is -2.40. The zero-order valence-corrected chi connectivity index (χ0v) is 18.8. The minimum Gasteiger partial charge on any atom is -0.495 e. The molecule has 0 unspecified atom stereocenters. The van der Waals surface area contributed by atoms with Gasteiger partial charge in [0, 0.05) is 36.5 Å². The Morgan fingerprint density at radius 1 is 1.25 bits per heavy atom. The molecule has 32 heavy (non-hydrogen) atoms. The van der Waals surface area contributed by atoms with Gasteiger partial charge in [0.2, 0.25) is 11.9 Å². The highest BCUT2D eigenvalue weighted by Crippen LogP contribution is 2.33. The second-order valence-electron chi connectivity index (χ2n) is 7.90. The van der Waals surface area contributed by atoms with Crippen molar-refractivity contribution in [3.05, 3.63) is 35.5 Å². The van der Waals surface area contributed by atoms with E-state index in [4.69, 9.17) is 9.47 Å². The lowest BCUT2D eigenvalue weighted by Gasteiger charge is -2.27. The number of hydrogen-bond donors (Lipinski definition) is 1. The lowest BCUT2D eigenvalue weighted by atomic mass is 10.1. The molecule has 1 N–H and O–H groups in total. The molecule has 0 bridgehead atoms. The van der Waals surface area contributed by atoms with Crippen molar-refractivity contribution in [1.29, 1.82) is 0 Å². The Bertz CT molecular complexity index is 1000. The van der Waals surface area contributed by atoms with Gasteiger partial charge < -0.3 is 19.7 Å². The second-order valence-corrected chi connectivity index (χ2v) is 7.90.